The molecule has 46 heavy (non-hydrogen) atoms. The number of hydrogen-bond acceptors (Lipinski definition) is 13. The van der Waals surface area contributed by atoms with Crippen molar-refractivity contribution in [3.8, 4) is 11.8 Å². The molecule has 0 fully saturated rings. The van der Waals surface area contributed by atoms with Crippen molar-refractivity contribution in [2.75, 3.05) is 6.61 Å². The lowest BCUT2D eigenvalue weighted by molar-refractivity contribution is 0.296. The number of H-pyrrole nitrogens is 1. The Hall–Kier alpha value is -4.63. The van der Waals surface area contributed by atoms with Gasteiger partial charge in [-0.05, 0) is 29.7 Å². The fraction of sp³-hybridized carbons (Fsp3) is 0.250. The Morgan fingerprint density at radius 3 is 2.13 bits per heavy atom. The summed E-state index contributed by atoms with van der Waals surface area (Å²) in [6.45, 7) is 5.32. The van der Waals surface area contributed by atoms with E-state index < -0.39 is 66.9 Å². The Morgan fingerprint density at radius 2 is 1.59 bits per heavy atom. The van der Waals surface area contributed by atoms with Crippen LogP contribution in [0.1, 0.15) is 37.9 Å². The smallest absolute Gasteiger partial charge is 0.295 e. The number of benzene rings is 2. The number of aliphatic hydroxyl groups excluding tert-OH is 1. The van der Waals surface area contributed by atoms with Crippen LogP contribution in [0.3, 0.4) is 0 Å². The molecule has 2 aromatic carbocycles. The van der Waals surface area contributed by atoms with Gasteiger partial charge in [-0.3, -0.25) is 18.8 Å². The van der Waals surface area contributed by atoms with Gasteiger partial charge in [-0.15, -0.1) is 15.3 Å². The molecule has 0 radical (unpaired) electrons. The van der Waals surface area contributed by atoms with Crippen molar-refractivity contribution in [2.24, 2.45) is 10.2 Å². The molecule has 0 saturated carbocycles. The molecule has 0 unspecified atom stereocenters. The third-order valence-electron chi connectivity index (χ3n) is 6.55. The van der Waals surface area contributed by atoms with Gasteiger partial charge in [0.25, 0.3) is 30.4 Å². The second kappa shape index (κ2) is 11.0. The van der Waals surface area contributed by atoms with Crippen molar-refractivity contribution in [3.05, 3.63) is 47.5 Å². The maximum Gasteiger partial charge on any atom is 0.295 e. The zero-order chi connectivity index (χ0) is 34.0. The number of azo groups is 1. The molecule has 3 heterocycles. The van der Waals surface area contributed by atoms with Crippen LogP contribution in [-0.4, -0.2) is 80.2 Å². The van der Waals surface area contributed by atoms with Crippen LogP contribution in [-0.2, 0) is 42.2 Å². The predicted octanol–water partition coefficient (Wildman–Crippen LogP) is 2.26. The molecule has 0 atom stereocenters. The van der Waals surface area contributed by atoms with E-state index in [1.54, 1.807) is 0 Å². The van der Waals surface area contributed by atoms with E-state index in [4.69, 9.17) is 0 Å². The van der Waals surface area contributed by atoms with Gasteiger partial charge in [-0.2, -0.15) is 40.2 Å². The van der Waals surface area contributed by atoms with Crippen LogP contribution >= 0.6 is 0 Å². The van der Waals surface area contributed by atoms with E-state index in [0.717, 1.165) is 16.9 Å². The number of nitriles is 1. The Labute approximate surface area is 260 Å². The molecule has 242 valence electrons. The molecule has 0 spiro atoms. The zero-order valence-corrected chi connectivity index (χ0v) is 26.3. The molecule has 5 N–H and O–H groups in total. The third kappa shape index (κ3) is 5.99. The van der Waals surface area contributed by atoms with E-state index in [-0.39, 0.29) is 41.6 Å². The van der Waals surface area contributed by atoms with Gasteiger partial charge in [-0.25, -0.2) is 9.67 Å². The van der Waals surface area contributed by atoms with Gasteiger partial charge < -0.3 is 5.11 Å². The number of rotatable bonds is 8. The summed E-state index contributed by atoms with van der Waals surface area (Å²) < 4.78 is 105. The lowest BCUT2D eigenvalue weighted by Crippen LogP contribution is -2.12. The number of aromatic nitrogens is 6. The summed E-state index contributed by atoms with van der Waals surface area (Å²) in [6.07, 6.45) is 1.13. The molecule has 0 amide bonds. The lowest BCUT2D eigenvalue weighted by atomic mass is 9.91. The SMILES string of the molecule is CC(C)(C)c1[nH]n2nc(CCO)nc2c1N=Nc1c(C#N)cnn1-c1cc(S(=O)(=O)O)cc2cc(S(=O)(=O)O)cc(S(=O)(=O)O)c12. The van der Waals surface area contributed by atoms with E-state index in [9.17, 15) is 49.3 Å². The first-order valence-corrected chi connectivity index (χ1v) is 17.1. The number of aliphatic hydroxyl groups is 1. The van der Waals surface area contributed by atoms with Crippen molar-refractivity contribution in [3.63, 3.8) is 0 Å². The minimum Gasteiger partial charge on any atom is -0.396 e. The van der Waals surface area contributed by atoms with E-state index in [0.29, 0.717) is 23.9 Å². The maximum absolute atomic E-state index is 12.5. The molecule has 5 rings (SSSR count). The second-order valence-electron chi connectivity index (χ2n) is 10.8. The molecular weight excluding hydrogens is 671 g/mol. The molecule has 3 aromatic heterocycles. The summed E-state index contributed by atoms with van der Waals surface area (Å²) in [5, 5.41) is 37.9. The summed E-state index contributed by atoms with van der Waals surface area (Å²) in [5.74, 6) is -0.102. The average Bonchev–Trinajstić information content (AvgIpc) is 3.61. The number of nitrogens with one attached hydrogen (secondary N) is 1. The first-order chi connectivity index (χ1) is 21.2. The summed E-state index contributed by atoms with van der Waals surface area (Å²) in [6, 6.07) is 4.42. The molecule has 0 aliphatic rings. The predicted molar refractivity (Wildman–Crippen MR) is 156 cm³/mol. The normalized spacial score (nSPS) is 13.3. The molecular formula is C24H23N9O10S3. The summed E-state index contributed by atoms with van der Waals surface area (Å²) in [5.41, 5.74) is -0.472. The topological polar surface area (TPSA) is 296 Å². The Bertz CT molecular complexity index is 2460. The van der Waals surface area contributed by atoms with Crippen molar-refractivity contribution >= 4 is 58.3 Å². The van der Waals surface area contributed by atoms with Gasteiger partial charge in [0, 0.05) is 17.2 Å². The Morgan fingerprint density at radius 1 is 0.957 bits per heavy atom. The van der Waals surface area contributed by atoms with Gasteiger partial charge >= 0.3 is 0 Å². The highest BCUT2D eigenvalue weighted by atomic mass is 32.2. The first kappa shape index (κ1) is 32.8. The molecule has 0 bridgehead atoms. The van der Waals surface area contributed by atoms with E-state index in [2.05, 4.69) is 30.5 Å². The highest BCUT2D eigenvalue weighted by molar-refractivity contribution is 7.87. The molecule has 5 aromatic rings. The lowest BCUT2D eigenvalue weighted by Gasteiger charge is -2.16. The molecule has 19 nitrogen and oxygen atoms in total. The highest BCUT2D eigenvalue weighted by Gasteiger charge is 2.28. The number of fused-ring (bicyclic) bond motifs is 2. The van der Waals surface area contributed by atoms with Gasteiger partial charge in [-0.1, -0.05) is 20.8 Å². The van der Waals surface area contributed by atoms with Crippen LogP contribution in [0.15, 0.2) is 55.4 Å². The average molecular weight is 694 g/mol. The molecule has 0 aliphatic carbocycles. The van der Waals surface area contributed by atoms with Crippen molar-refractivity contribution < 1.29 is 44.0 Å². The number of aromatic amines is 1. The van der Waals surface area contributed by atoms with Crippen LogP contribution in [0.25, 0.3) is 22.1 Å². The summed E-state index contributed by atoms with van der Waals surface area (Å²) >= 11 is 0. The van der Waals surface area contributed by atoms with E-state index in [1.165, 1.54) is 4.63 Å². The summed E-state index contributed by atoms with van der Waals surface area (Å²) in [7, 11) is -15.4. The van der Waals surface area contributed by atoms with E-state index >= 15 is 0 Å². The standard InChI is InChI=1S/C24H23N9O10S3/c1-24(2,3)21-20(23-27-18(4-5-34)30-33(23)31-21)28-29-22-13(10-25)11-26-32(22)16-8-14(44(35,36)37)6-12-7-15(45(38,39)40)9-17(19(12)16)46(41,42)43/h6-9,11,31,34H,4-5H2,1-3H3,(H,35,36,37)(H,38,39,40)(H,41,42,43). The fourth-order valence-corrected chi connectivity index (χ4v) is 6.45. The van der Waals surface area contributed by atoms with Gasteiger partial charge in [0.1, 0.15) is 16.5 Å². The van der Waals surface area contributed by atoms with E-state index in [1.807, 2.05) is 26.8 Å². The highest BCUT2D eigenvalue weighted by Crippen LogP contribution is 2.38. The Balaban J connectivity index is 1.86. The zero-order valence-electron chi connectivity index (χ0n) is 23.8. The third-order valence-corrected chi connectivity index (χ3v) is 9.09. The van der Waals surface area contributed by atoms with Crippen molar-refractivity contribution in [1.29, 1.82) is 5.26 Å². The van der Waals surface area contributed by atoms with Crippen molar-refractivity contribution in [2.45, 2.75) is 47.3 Å². The first-order valence-electron chi connectivity index (χ1n) is 12.8. The van der Waals surface area contributed by atoms with Crippen LogP contribution in [0.2, 0.25) is 0 Å². The monoisotopic (exact) mass is 693 g/mol. The number of hydrogen-bond donors (Lipinski definition) is 5. The Kier molecular flexibility index (Phi) is 7.84. The minimum atomic E-state index is -5.29. The van der Waals surface area contributed by atoms with Gasteiger partial charge in [0.05, 0.1) is 34.0 Å². The quantitative estimate of drug-likeness (QED) is 0.115. The minimum absolute atomic E-state index is 0.134. The second-order valence-corrected chi connectivity index (χ2v) is 15.0. The largest absolute Gasteiger partial charge is 0.396 e. The molecule has 0 saturated heterocycles. The maximum atomic E-state index is 12.5. The van der Waals surface area contributed by atoms with Crippen LogP contribution in [0.4, 0.5) is 11.5 Å². The molecule has 22 heteroatoms. The van der Waals surface area contributed by atoms with Crippen molar-refractivity contribution in [1.82, 2.24) is 29.6 Å². The summed E-state index contributed by atoms with van der Waals surface area (Å²) in [4.78, 5) is 1.38. The number of nitrogens with zero attached hydrogens (tertiary/aromatic N) is 8. The molecule has 0 aliphatic heterocycles. The van der Waals surface area contributed by atoms with Crippen LogP contribution < -0.4 is 0 Å². The van der Waals surface area contributed by atoms with Gasteiger partial charge in [0.2, 0.25) is 5.65 Å². The van der Waals surface area contributed by atoms with Crippen LogP contribution in [0, 0.1) is 11.3 Å². The van der Waals surface area contributed by atoms with Gasteiger partial charge in [0.15, 0.2) is 17.3 Å². The van der Waals surface area contributed by atoms with Crippen LogP contribution in [0.5, 0.6) is 0 Å². The fourth-order valence-electron chi connectivity index (χ4n) is 4.54.